The zero-order valence-electron chi connectivity index (χ0n) is 6.03. The number of aliphatic hydroxyl groups excluding tert-OH is 1. The van der Waals surface area contributed by atoms with E-state index in [0.29, 0.717) is 6.61 Å². The van der Waals surface area contributed by atoms with Gasteiger partial charge in [0, 0.05) is 4.90 Å². The van der Waals surface area contributed by atoms with Crippen molar-refractivity contribution in [1.82, 2.24) is 0 Å². The molecule has 1 aromatic rings. The van der Waals surface area contributed by atoms with Gasteiger partial charge in [0.1, 0.15) is 12.4 Å². The minimum atomic E-state index is 0.0443. The van der Waals surface area contributed by atoms with Crippen LogP contribution >= 0.6 is 12.6 Å². The molecular weight excluding hydrogens is 160 g/mol. The molecule has 1 rings (SSSR count). The molecule has 0 spiro atoms. The maximum absolute atomic E-state index is 8.44. The molecule has 0 atom stereocenters. The van der Waals surface area contributed by atoms with Gasteiger partial charge in [-0.15, -0.1) is 12.6 Å². The third-order valence-electron chi connectivity index (χ3n) is 1.20. The van der Waals surface area contributed by atoms with Gasteiger partial charge in [0.25, 0.3) is 0 Å². The van der Waals surface area contributed by atoms with Crippen LogP contribution in [0.15, 0.2) is 29.2 Å². The fourth-order valence-corrected chi connectivity index (χ4v) is 0.855. The summed E-state index contributed by atoms with van der Waals surface area (Å²) in [7, 11) is 0. The molecule has 11 heavy (non-hydrogen) atoms. The van der Waals surface area contributed by atoms with E-state index in [2.05, 4.69) is 12.6 Å². The summed E-state index contributed by atoms with van der Waals surface area (Å²) in [5, 5.41) is 8.44. The Kier molecular flexibility index (Phi) is 3.26. The monoisotopic (exact) mass is 170 g/mol. The lowest BCUT2D eigenvalue weighted by atomic mass is 10.3. The van der Waals surface area contributed by atoms with Gasteiger partial charge in [-0.05, 0) is 24.3 Å². The first-order valence-corrected chi connectivity index (χ1v) is 3.80. The first-order valence-electron chi connectivity index (χ1n) is 3.35. The van der Waals surface area contributed by atoms with Crippen LogP contribution in [0.3, 0.4) is 0 Å². The van der Waals surface area contributed by atoms with E-state index in [1.54, 1.807) is 0 Å². The van der Waals surface area contributed by atoms with Crippen LogP contribution in [0.25, 0.3) is 0 Å². The SMILES string of the molecule is OCCOc1ccc(S)cc1. The average Bonchev–Trinajstić information content (AvgIpc) is 2.04. The molecule has 0 aliphatic rings. The minimum Gasteiger partial charge on any atom is -0.491 e. The second-order valence-electron chi connectivity index (χ2n) is 2.07. The number of aliphatic hydroxyl groups is 1. The topological polar surface area (TPSA) is 29.5 Å². The fraction of sp³-hybridized carbons (Fsp3) is 0.250. The van der Waals surface area contributed by atoms with E-state index in [1.807, 2.05) is 24.3 Å². The molecule has 0 aromatic heterocycles. The Balaban J connectivity index is 2.52. The van der Waals surface area contributed by atoms with E-state index in [9.17, 15) is 0 Å². The quantitative estimate of drug-likeness (QED) is 0.670. The summed E-state index contributed by atoms with van der Waals surface area (Å²) in [6, 6.07) is 7.32. The molecule has 1 aromatic carbocycles. The maximum Gasteiger partial charge on any atom is 0.119 e. The number of benzene rings is 1. The molecular formula is C8H10O2S. The summed E-state index contributed by atoms with van der Waals surface area (Å²) in [6.45, 7) is 0.383. The molecule has 0 unspecified atom stereocenters. The lowest BCUT2D eigenvalue weighted by Gasteiger charge is -2.02. The number of rotatable bonds is 3. The normalized spacial score (nSPS) is 9.64. The van der Waals surface area contributed by atoms with E-state index in [1.165, 1.54) is 0 Å². The fourth-order valence-electron chi connectivity index (χ4n) is 0.706. The van der Waals surface area contributed by atoms with Crippen LogP contribution in [0.5, 0.6) is 5.75 Å². The highest BCUT2D eigenvalue weighted by atomic mass is 32.1. The van der Waals surface area contributed by atoms with Gasteiger partial charge in [-0.3, -0.25) is 0 Å². The zero-order valence-corrected chi connectivity index (χ0v) is 6.92. The Labute approximate surface area is 71.2 Å². The molecule has 60 valence electrons. The van der Waals surface area contributed by atoms with E-state index in [-0.39, 0.29) is 6.61 Å². The van der Waals surface area contributed by atoms with E-state index in [0.717, 1.165) is 10.6 Å². The van der Waals surface area contributed by atoms with Gasteiger partial charge in [-0.2, -0.15) is 0 Å². The Bertz CT molecular complexity index is 208. The van der Waals surface area contributed by atoms with Crippen LogP contribution in [-0.4, -0.2) is 18.3 Å². The van der Waals surface area contributed by atoms with Crippen molar-refractivity contribution in [3.63, 3.8) is 0 Å². The van der Waals surface area contributed by atoms with E-state index in [4.69, 9.17) is 9.84 Å². The second kappa shape index (κ2) is 4.26. The van der Waals surface area contributed by atoms with Gasteiger partial charge >= 0.3 is 0 Å². The summed E-state index contributed by atoms with van der Waals surface area (Å²) < 4.78 is 5.13. The highest BCUT2D eigenvalue weighted by molar-refractivity contribution is 7.80. The van der Waals surface area contributed by atoms with Crippen molar-refractivity contribution >= 4 is 12.6 Å². The van der Waals surface area contributed by atoms with Gasteiger partial charge in [0.05, 0.1) is 6.61 Å². The molecule has 1 N–H and O–H groups in total. The summed E-state index contributed by atoms with van der Waals surface area (Å²) in [5.74, 6) is 0.761. The molecule has 0 heterocycles. The predicted octanol–water partition coefficient (Wildman–Crippen LogP) is 1.35. The number of ether oxygens (including phenoxy) is 1. The van der Waals surface area contributed by atoms with Crippen molar-refractivity contribution in [2.75, 3.05) is 13.2 Å². The maximum atomic E-state index is 8.44. The lowest BCUT2D eigenvalue weighted by Crippen LogP contribution is -2.00. The summed E-state index contributed by atoms with van der Waals surface area (Å²) >= 11 is 4.12. The standard InChI is InChI=1S/C8H10O2S/c9-5-6-10-7-1-3-8(11)4-2-7/h1-4,9,11H,5-6H2. The smallest absolute Gasteiger partial charge is 0.119 e. The predicted molar refractivity (Wildman–Crippen MR) is 46.3 cm³/mol. The molecule has 0 aliphatic heterocycles. The summed E-state index contributed by atoms with van der Waals surface area (Å²) in [4.78, 5) is 0.904. The van der Waals surface area contributed by atoms with Gasteiger partial charge < -0.3 is 9.84 Å². The highest BCUT2D eigenvalue weighted by Gasteiger charge is 1.90. The molecule has 0 saturated carbocycles. The number of hydrogen-bond acceptors (Lipinski definition) is 3. The Morgan fingerprint density at radius 1 is 1.27 bits per heavy atom. The van der Waals surface area contributed by atoms with Crippen molar-refractivity contribution in [2.24, 2.45) is 0 Å². The Morgan fingerprint density at radius 2 is 1.91 bits per heavy atom. The molecule has 0 radical (unpaired) electrons. The summed E-state index contributed by atoms with van der Waals surface area (Å²) in [5.41, 5.74) is 0. The first kappa shape index (κ1) is 8.43. The highest BCUT2D eigenvalue weighted by Crippen LogP contribution is 2.13. The largest absolute Gasteiger partial charge is 0.491 e. The number of thiol groups is 1. The molecule has 0 bridgehead atoms. The molecule has 0 fully saturated rings. The van der Waals surface area contributed by atoms with Crippen LogP contribution in [0.4, 0.5) is 0 Å². The lowest BCUT2D eigenvalue weighted by molar-refractivity contribution is 0.201. The summed E-state index contributed by atoms with van der Waals surface area (Å²) in [6.07, 6.45) is 0. The van der Waals surface area contributed by atoms with Crippen molar-refractivity contribution in [3.8, 4) is 5.75 Å². The van der Waals surface area contributed by atoms with Gasteiger partial charge in [0.15, 0.2) is 0 Å². The van der Waals surface area contributed by atoms with E-state index < -0.39 is 0 Å². The third-order valence-corrected chi connectivity index (χ3v) is 1.49. The first-order chi connectivity index (χ1) is 5.33. The molecule has 3 heteroatoms. The van der Waals surface area contributed by atoms with Crippen LogP contribution in [0.2, 0.25) is 0 Å². The van der Waals surface area contributed by atoms with Crippen molar-refractivity contribution < 1.29 is 9.84 Å². The van der Waals surface area contributed by atoms with Crippen molar-refractivity contribution in [1.29, 1.82) is 0 Å². The van der Waals surface area contributed by atoms with Crippen LogP contribution < -0.4 is 4.74 Å². The molecule has 0 saturated heterocycles. The van der Waals surface area contributed by atoms with Crippen LogP contribution in [0.1, 0.15) is 0 Å². The van der Waals surface area contributed by atoms with Crippen LogP contribution in [-0.2, 0) is 0 Å². The Hall–Kier alpha value is -0.670. The van der Waals surface area contributed by atoms with Gasteiger partial charge in [0.2, 0.25) is 0 Å². The molecule has 0 aliphatic carbocycles. The third kappa shape index (κ3) is 2.82. The van der Waals surface area contributed by atoms with Crippen LogP contribution in [0, 0.1) is 0 Å². The molecule has 0 amide bonds. The second-order valence-corrected chi connectivity index (χ2v) is 2.58. The average molecular weight is 170 g/mol. The van der Waals surface area contributed by atoms with E-state index >= 15 is 0 Å². The number of hydrogen-bond donors (Lipinski definition) is 2. The van der Waals surface area contributed by atoms with Crippen molar-refractivity contribution in [3.05, 3.63) is 24.3 Å². The minimum absolute atomic E-state index is 0.0443. The van der Waals surface area contributed by atoms with Gasteiger partial charge in [-0.1, -0.05) is 0 Å². The molecule has 2 nitrogen and oxygen atoms in total. The Morgan fingerprint density at radius 3 is 2.45 bits per heavy atom. The zero-order chi connectivity index (χ0) is 8.10. The van der Waals surface area contributed by atoms with Crippen molar-refractivity contribution in [2.45, 2.75) is 4.90 Å². The van der Waals surface area contributed by atoms with Gasteiger partial charge in [-0.25, -0.2) is 0 Å².